The van der Waals surface area contributed by atoms with Crippen LogP contribution in [-0.2, 0) is 16.4 Å². The number of benzene rings is 1. The van der Waals surface area contributed by atoms with Gasteiger partial charge < -0.3 is 4.42 Å². The van der Waals surface area contributed by atoms with Gasteiger partial charge in [0.2, 0.25) is 0 Å². The minimum atomic E-state index is -2.93. The molecule has 5 nitrogen and oxygen atoms in total. The van der Waals surface area contributed by atoms with Gasteiger partial charge in [-0.25, -0.2) is 13.2 Å². The van der Waals surface area contributed by atoms with Crippen LogP contribution in [0.2, 0.25) is 0 Å². The van der Waals surface area contributed by atoms with Crippen LogP contribution in [0.4, 0.5) is 0 Å². The fraction of sp³-hybridized carbons (Fsp3) is 0.526. The van der Waals surface area contributed by atoms with Gasteiger partial charge in [0, 0.05) is 24.0 Å². The molecule has 25 heavy (non-hydrogen) atoms. The molecule has 0 bridgehead atoms. The Morgan fingerprint density at radius 2 is 2.00 bits per heavy atom. The molecule has 2 heterocycles. The van der Waals surface area contributed by atoms with Gasteiger partial charge in [0.15, 0.2) is 9.84 Å². The van der Waals surface area contributed by atoms with Gasteiger partial charge in [-0.05, 0) is 55.1 Å². The molecule has 1 saturated heterocycles. The van der Waals surface area contributed by atoms with E-state index in [9.17, 15) is 13.2 Å². The highest BCUT2D eigenvalue weighted by Crippen LogP contribution is 2.28. The van der Waals surface area contributed by atoms with Crippen LogP contribution in [0.3, 0.4) is 0 Å². The number of nitrogens with zero attached hydrogens (tertiary/aromatic N) is 1. The van der Waals surface area contributed by atoms with E-state index in [1.165, 1.54) is 11.6 Å². The van der Waals surface area contributed by atoms with Gasteiger partial charge >= 0.3 is 5.63 Å². The molecule has 2 aromatic rings. The van der Waals surface area contributed by atoms with Crippen LogP contribution in [-0.4, -0.2) is 37.9 Å². The predicted molar refractivity (Wildman–Crippen MR) is 99.8 cm³/mol. The molecular formula is C19H25NO4S. The Morgan fingerprint density at radius 1 is 1.28 bits per heavy atom. The van der Waals surface area contributed by atoms with Gasteiger partial charge in [-0.15, -0.1) is 0 Å². The molecule has 0 amide bonds. The number of hydrogen-bond donors (Lipinski definition) is 0. The highest BCUT2D eigenvalue weighted by atomic mass is 32.2. The molecule has 1 aromatic carbocycles. The van der Waals surface area contributed by atoms with E-state index in [1.807, 2.05) is 24.9 Å². The summed E-state index contributed by atoms with van der Waals surface area (Å²) < 4.78 is 28.8. The quantitative estimate of drug-likeness (QED) is 0.782. The molecule has 1 fully saturated rings. The van der Waals surface area contributed by atoms with Crippen LogP contribution < -0.4 is 5.63 Å². The molecule has 0 N–H and O–H groups in total. The lowest BCUT2D eigenvalue weighted by Gasteiger charge is -2.23. The van der Waals surface area contributed by atoms with E-state index >= 15 is 0 Å². The lowest BCUT2D eigenvalue weighted by Crippen LogP contribution is -2.32. The summed E-state index contributed by atoms with van der Waals surface area (Å²) in [7, 11) is -1.01. The third-order valence-electron chi connectivity index (χ3n) is 5.09. The van der Waals surface area contributed by atoms with Gasteiger partial charge in [-0.1, -0.05) is 13.8 Å². The van der Waals surface area contributed by atoms with Crippen LogP contribution in [0, 0.1) is 6.92 Å². The molecule has 1 aliphatic heterocycles. The van der Waals surface area contributed by atoms with Crippen molar-refractivity contribution in [2.75, 3.05) is 18.6 Å². The number of hydrogen-bond acceptors (Lipinski definition) is 5. The highest BCUT2D eigenvalue weighted by Gasteiger charge is 2.30. The Balaban J connectivity index is 2.00. The largest absolute Gasteiger partial charge is 0.423 e. The number of sulfone groups is 1. The number of aryl methyl sites for hydroxylation is 1. The molecule has 0 aliphatic carbocycles. The smallest absolute Gasteiger partial charge is 0.336 e. The topological polar surface area (TPSA) is 67.6 Å². The summed E-state index contributed by atoms with van der Waals surface area (Å²) in [4.78, 5) is 14.0. The van der Waals surface area contributed by atoms with E-state index in [0.29, 0.717) is 24.5 Å². The van der Waals surface area contributed by atoms with E-state index in [-0.39, 0.29) is 23.2 Å². The van der Waals surface area contributed by atoms with Gasteiger partial charge in [0.05, 0.1) is 11.5 Å². The average Bonchev–Trinajstić information content (AvgIpc) is 2.86. The van der Waals surface area contributed by atoms with Gasteiger partial charge in [0.25, 0.3) is 0 Å². The lowest BCUT2D eigenvalue weighted by molar-refractivity contribution is 0.254. The zero-order chi connectivity index (χ0) is 18.4. The summed E-state index contributed by atoms with van der Waals surface area (Å²) in [6, 6.07) is 5.56. The maximum absolute atomic E-state index is 12.0. The van der Waals surface area contributed by atoms with Crippen LogP contribution in [0.25, 0.3) is 11.0 Å². The Hall–Kier alpha value is -1.66. The Kier molecular flexibility index (Phi) is 4.77. The van der Waals surface area contributed by atoms with E-state index in [0.717, 1.165) is 16.5 Å². The first-order valence-electron chi connectivity index (χ1n) is 8.64. The van der Waals surface area contributed by atoms with Crippen LogP contribution in [0.5, 0.6) is 0 Å². The molecule has 0 saturated carbocycles. The van der Waals surface area contributed by atoms with Gasteiger partial charge in [-0.2, -0.15) is 0 Å². The lowest BCUT2D eigenvalue weighted by atomic mass is 9.94. The molecule has 1 aromatic heterocycles. The van der Waals surface area contributed by atoms with Crippen molar-refractivity contribution in [2.24, 2.45) is 0 Å². The fourth-order valence-electron chi connectivity index (χ4n) is 3.67. The van der Waals surface area contributed by atoms with Crippen LogP contribution in [0.1, 0.15) is 42.9 Å². The maximum Gasteiger partial charge on any atom is 0.336 e. The Labute approximate surface area is 148 Å². The highest BCUT2D eigenvalue weighted by molar-refractivity contribution is 7.91. The zero-order valence-electron chi connectivity index (χ0n) is 15.2. The van der Waals surface area contributed by atoms with Crippen molar-refractivity contribution in [3.63, 3.8) is 0 Å². The fourth-order valence-corrected chi connectivity index (χ4v) is 5.47. The molecule has 136 valence electrons. The summed E-state index contributed by atoms with van der Waals surface area (Å²) in [6.45, 7) is 6.84. The third kappa shape index (κ3) is 3.80. The van der Waals surface area contributed by atoms with Crippen molar-refractivity contribution in [1.82, 2.24) is 4.90 Å². The summed E-state index contributed by atoms with van der Waals surface area (Å²) in [5.41, 5.74) is 3.45. The molecule has 3 rings (SSSR count). The minimum absolute atomic E-state index is 0.00214. The Bertz CT molecular complexity index is 959. The van der Waals surface area contributed by atoms with E-state index in [4.69, 9.17) is 4.42 Å². The normalized spacial score (nSPS) is 20.0. The zero-order valence-corrected chi connectivity index (χ0v) is 16.0. The number of rotatable bonds is 4. The second-order valence-corrected chi connectivity index (χ2v) is 9.65. The van der Waals surface area contributed by atoms with E-state index in [2.05, 4.69) is 19.9 Å². The number of fused-ring (bicyclic) bond motifs is 1. The van der Waals surface area contributed by atoms with Crippen molar-refractivity contribution in [3.05, 3.63) is 45.3 Å². The monoisotopic (exact) mass is 363 g/mol. The van der Waals surface area contributed by atoms with Crippen LogP contribution >= 0.6 is 0 Å². The summed E-state index contributed by atoms with van der Waals surface area (Å²) in [5.74, 6) is 0.817. The molecule has 1 aliphatic rings. The van der Waals surface area contributed by atoms with Crippen molar-refractivity contribution in [2.45, 2.75) is 45.7 Å². The van der Waals surface area contributed by atoms with Crippen molar-refractivity contribution >= 4 is 20.8 Å². The molecule has 1 unspecified atom stereocenters. The molecule has 0 spiro atoms. The first-order chi connectivity index (χ1) is 11.7. The SMILES string of the molecule is Cc1cc2oc(=O)cc(CN(C)C3CCS(=O)(=O)C3)c2cc1C(C)C. The summed E-state index contributed by atoms with van der Waals surface area (Å²) in [5, 5.41) is 0.932. The second-order valence-electron chi connectivity index (χ2n) is 7.42. The minimum Gasteiger partial charge on any atom is -0.423 e. The summed E-state index contributed by atoms with van der Waals surface area (Å²) in [6.07, 6.45) is 0.647. The first-order valence-corrected chi connectivity index (χ1v) is 10.5. The molecule has 1 atom stereocenters. The maximum atomic E-state index is 12.0. The third-order valence-corrected chi connectivity index (χ3v) is 6.84. The van der Waals surface area contributed by atoms with Crippen molar-refractivity contribution in [3.8, 4) is 0 Å². The van der Waals surface area contributed by atoms with Crippen molar-refractivity contribution in [1.29, 1.82) is 0 Å². The molecule has 6 heteroatoms. The van der Waals surface area contributed by atoms with E-state index in [1.54, 1.807) is 0 Å². The second kappa shape index (κ2) is 6.57. The molecule has 0 radical (unpaired) electrons. The standard InChI is InChI=1S/C19H25NO4S/c1-12(2)16-9-17-14(8-19(21)24-18(17)7-13(16)3)10-20(4)15-5-6-25(22,23)11-15/h7-9,12,15H,5-6,10-11H2,1-4H3. The van der Waals surface area contributed by atoms with Gasteiger partial charge in [0.1, 0.15) is 5.58 Å². The first kappa shape index (κ1) is 18.1. The summed E-state index contributed by atoms with van der Waals surface area (Å²) >= 11 is 0. The predicted octanol–water partition coefficient (Wildman–Crippen LogP) is 2.84. The average molecular weight is 363 g/mol. The Morgan fingerprint density at radius 3 is 2.60 bits per heavy atom. The van der Waals surface area contributed by atoms with E-state index < -0.39 is 9.84 Å². The van der Waals surface area contributed by atoms with Crippen LogP contribution in [0.15, 0.2) is 27.4 Å². The van der Waals surface area contributed by atoms with Crippen molar-refractivity contribution < 1.29 is 12.8 Å². The molecular weight excluding hydrogens is 338 g/mol. The van der Waals surface area contributed by atoms with Gasteiger partial charge in [-0.3, -0.25) is 4.90 Å².